The average Bonchev–Trinajstić information content (AvgIpc) is 2.96. The fourth-order valence-corrected chi connectivity index (χ4v) is 2.59. The van der Waals surface area contributed by atoms with Gasteiger partial charge in [-0.2, -0.15) is 0 Å². The number of benzene rings is 2. The fraction of sp³-hybridized carbons (Fsp3) is 0.250. The van der Waals surface area contributed by atoms with Crippen molar-refractivity contribution in [3.05, 3.63) is 65.9 Å². The van der Waals surface area contributed by atoms with Crippen LogP contribution in [0.5, 0.6) is 5.75 Å². The predicted octanol–water partition coefficient (Wildman–Crippen LogP) is 3.87. The van der Waals surface area contributed by atoms with Gasteiger partial charge in [0.05, 0.1) is 19.2 Å². The quantitative estimate of drug-likeness (QED) is 0.749. The van der Waals surface area contributed by atoms with Crippen LogP contribution in [0.3, 0.4) is 0 Å². The average molecular weight is 323 g/mol. The summed E-state index contributed by atoms with van der Waals surface area (Å²) in [5, 5.41) is 3.90. The Bertz CT molecular complexity index is 823. The van der Waals surface area contributed by atoms with Crippen molar-refractivity contribution in [2.45, 2.75) is 26.4 Å². The second-order valence-corrected chi connectivity index (χ2v) is 5.98. The molecule has 1 N–H and O–H groups in total. The van der Waals surface area contributed by atoms with Crippen LogP contribution < -0.4 is 10.1 Å². The number of carbonyl (C=O) groups excluding carboxylic acids is 1. The lowest BCUT2D eigenvalue weighted by Gasteiger charge is -2.15. The maximum Gasteiger partial charge on any atom is 0.224 e. The number of nitrogens with one attached hydrogen (secondary N) is 1. The Morgan fingerprint density at radius 1 is 1.21 bits per heavy atom. The van der Waals surface area contributed by atoms with E-state index in [-0.39, 0.29) is 12.0 Å². The van der Waals surface area contributed by atoms with E-state index in [0.717, 1.165) is 27.8 Å². The molecule has 0 aliphatic carbocycles. The van der Waals surface area contributed by atoms with Crippen LogP contribution in [0, 0.1) is 6.92 Å². The van der Waals surface area contributed by atoms with Crippen molar-refractivity contribution in [3.8, 4) is 5.75 Å². The first-order valence-corrected chi connectivity index (χ1v) is 8.07. The number of furan rings is 1. The topological polar surface area (TPSA) is 51.5 Å². The standard InChI is InChI=1S/C20H21NO3/c1-14-8-9-18-16(13-23-19(18)10-14)11-20(22)21-12-15(2)24-17-6-4-3-5-7-17/h3-10,13,15H,11-12H2,1-2H3,(H,21,22). The van der Waals surface area contributed by atoms with E-state index in [2.05, 4.69) is 5.32 Å². The molecule has 1 unspecified atom stereocenters. The lowest BCUT2D eigenvalue weighted by Crippen LogP contribution is -2.34. The van der Waals surface area contributed by atoms with E-state index in [1.165, 1.54) is 0 Å². The van der Waals surface area contributed by atoms with Crippen LogP contribution in [0.15, 0.2) is 59.2 Å². The van der Waals surface area contributed by atoms with Crippen molar-refractivity contribution in [2.75, 3.05) is 6.54 Å². The molecule has 1 amide bonds. The Labute approximate surface area is 141 Å². The normalized spacial score (nSPS) is 12.1. The van der Waals surface area contributed by atoms with E-state index in [1.807, 2.05) is 62.4 Å². The van der Waals surface area contributed by atoms with E-state index in [1.54, 1.807) is 6.26 Å². The molecule has 3 rings (SSSR count). The van der Waals surface area contributed by atoms with Crippen LogP contribution in [0.25, 0.3) is 11.0 Å². The number of aryl methyl sites for hydroxylation is 1. The molecule has 0 saturated heterocycles. The van der Waals surface area contributed by atoms with Crippen molar-refractivity contribution in [2.24, 2.45) is 0 Å². The highest BCUT2D eigenvalue weighted by Crippen LogP contribution is 2.22. The van der Waals surface area contributed by atoms with Crippen molar-refractivity contribution in [1.29, 1.82) is 0 Å². The zero-order valence-electron chi connectivity index (χ0n) is 13.9. The third kappa shape index (κ3) is 3.96. The Hall–Kier alpha value is -2.75. The summed E-state index contributed by atoms with van der Waals surface area (Å²) in [7, 11) is 0. The predicted molar refractivity (Wildman–Crippen MR) is 94.2 cm³/mol. The van der Waals surface area contributed by atoms with Gasteiger partial charge in [0, 0.05) is 10.9 Å². The summed E-state index contributed by atoms with van der Waals surface area (Å²) in [5.41, 5.74) is 2.86. The van der Waals surface area contributed by atoms with Crippen LogP contribution in [-0.4, -0.2) is 18.6 Å². The van der Waals surface area contributed by atoms with Crippen molar-refractivity contribution < 1.29 is 13.9 Å². The lowest BCUT2D eigenvalue weighted by molar-refractivity contribution is -0.120. The lowest BCUT2D eigenvalue weighted by atomic mass is 10.1. The van der Waals surface area contributed by atoms with Gasteiger partial charge in [0.25, 0.3) is 0 Å². The van der Waals surface area contributed by atoms with E-state index >= 15 is 0 Å². The second-order valence-electron chi connectivity index (χ2n) is 5.98. The minimum atomic E-state index is -0.0971. The zero-order valence-corrected chi connectivity index (χ0v) is 13.9. The van der Waals surface area contributed by atoms with Gasteiger partial charge >= 0.3 is 0 Å². The summed E-state index contributed by atoms with van der Waals surface area (Å²) >= 11 is 0. The van der Waals surface area contributed by atoms with Gasteiger partial charge in [-0.25, -0.2) is 0 Å². The van der Waals surface area contributed by atoms with E-state index in [0.29, 0.717) is 13.0 Å². The van der Waals surface area contributed by atoms with E-state index in [4.69, 9.17) is 9.15 Å². The zero-order chi connectivity index (χ0) is 16.9. The monoisotopic (exact) mass is 323 g/mol. The molecule has 1 aromatic heterocycles. The van der Waals surface area contributed by atoms with Crippen molar-refractivity contribution in [1.82, 2.24) is 5.32 Å². The van der Waals surface area contributed by atoms with Crippen LogP contribution in [0.2, 0.25) is 0 Å². The molecule has 24 heavy (non-hydrogen) atoms. The fourth-order valence-electron chi connectivity index (χ4n) is 2.59. The number of ether oxygens (including phenoxy) is 1. The summed E-state index contributed by atoms with van der Waals surface area (Å²) < 4.78 is 11.3. The van der Waals surface area contributed by atoms with Gasteiger partial charge in [0.15, 0.2) is 0 Å². The Morgan fingerprint density at radius 3 is 2.79 bits per heavy atom. The molecule has 1 atom stereocenters. The molecule has 0 spiro atoms. The number of amides is 1. The van der Waals surface area contributed by atoms with Gasteiger partial charge < -0.3 is 14.5 Å². The number of fused-ring (bicyclic) bond motifs is 1. The minimum absolute atomic E-state index is 0.0400. The highest BCUT2D eigenvalue weighted by molar-refractivity contribution is 5.87. The maximum absolute atomic E-state index is 12.2. The third-order valence-corrected chi connectivity index (χ3v) is 3.83. The summed E-state index contributed by atoms with van der Waals surface area (Å²) in [4.78, 5) is 12.2. The van der Waals surface area contributed by atoms with Crippen molar-refractivity contribution >= 4 is 16.9 Å². The Morgan fingerprint density at radius 2 is 2.00 bits per heavy atom. The molecular formula is C20H21NO3. The van der Waals surface area contributed by atoms with Gasteiger partial charge in [-0.1, -0.05) is 30.3 Å². The number of carbonyl (C=O) groups is 1. The van der Waals surface area contributed by atoms with Gasteiger partial charge in [-0.05, 0) is 37.6 Å². The molecule has 1 heterocycles. The van der Waals surface area contributed by atoms with Gasteiger partial charge in [-0.3, -0.25) is 4.79 Å². The summed E-state index contributed by atoms with van der Waals surface area (Å²) in [6.07, 6.45) is 1.86. The highest BCUT2D eigenvalue weighted by atomic mass is 16.5. The third-order valence-electron chi connectivity index (χ3n) is 3.83. The van der Waals surface area contributed by atoms with Crippen LogP contribution >= 0.6 is 0 Å². The number of hydrogen-bond donors (Lipinski definition) is 1. The molecule has 0 bridgehead atoms. The molecule has 0 aliphatic rings. The van der Waals surface area contributed by atoms with Gasteiger partial charge in [-0.15, -0.1) is 0 Å². The molecule has 0 saturated carbocycles. The van der Waals surface area contributed by atoms with Gasteiger partial charge in [0.1, 0.15) is 17.4 Å². The maximum atomic E-state index is 12.2. The summed E-state index contributed by atoms with van der Waals surface area (Å²) in [6.45, 7) is 4.41. The Balaban J connectivity index is 1.53. The molecule has 3 aromatic rings. The molecule has 0 aliphatic heterocycles. The molecule has 2 aromatic carbocycles. The minimum Gasteiger partial charge on any atom is -0.489 e. The number of hydrogen-bond acceptors (Lipinski definition) is 3. The molecule has 0 radical (unpaired) electrons. The largest absolute Gasteiger partial charge is 0.489 e. The van der Waals surface area contributed by atoms with Gasteiger partial charge in [0.2, 0.25) is 5.91 Å². The first-order chi connectivity index (χ1) is 11.6. The number of rotatable bonds is 6. The Kier molecular flexibility index (Phi) is 4.85. The first kappa shape index (κ1) is 16.1. The van der Waals surface area contributed by atoms with E-state index in [9.17, 15) is 4.79 Å². The van der Waals surface area contributed by atoms with Crippen molar-refractivity contribution in [3.63, 3.8) is 0 Å². The molecule has 4 nitrogen and oxygen atoms in total. The summed E-state index contributed by atoms with van der Waals surface area (Å²) in [5.74, 6) is 0.761. The van der Waals surface area contributed by atoms with E-state index < -0.39 is 0 Å². The second kappa shape index (κ2) is 7.21. The molecule has 0 fully saturated rings. The SMILES string of the molecule is Cc1ccc2c(CC(=O)NCC(C)Oc3ccccc3)coc2c1. The van der Waals surface area contributed by atoms with Crippen LogP contribution in [-0.2, 0) is 11.2 Å². The highest BCUT2D eigenvalue weighted by Gasteiger charge is 2.12. The molecule has 4 heteroatoms. The smallest absolute Gasteiger partial charge is 0.224 e. The number of para-hydroxylation sites is 1. The summed E-state index contributed by atoms with van der Waals surface area (Å²) in [6, 6.07) is 15.6. The molecular weight excluding hydrogens is 302 g/mol. The van der Waals surface area contributed by atoms with Crippen LogP contribution in [0.1, 0.15) is 18.1 Å². The molecule has 124 valence electrons. The van der Waals surface area contributed by atoms with Crippen LogP contribution in [0.4, 0.5) is 0 Å². The first-order valence-electron chi connectivity index (χ1n) is 8.07.